The standard InChI is InChI=1S/C13H16O9/c1-19-10(15)3-5-12(17)21-8-9(7-14)22-13(18)6-4-11(16)20-2/h3-6,9,14H,7-8H2,1-2H3/b5-3?,6-4+. The number of esters is 4. The molecule has 9 nitrogen and oxygen atoms in total. The summed E-state index contributed by atoms with van der Waals surface area (Å²) in [6.07, 6.45) is 2.18. The summed E-state index contributed by atoms with van der Waals surface area (Å²) in [6, 6.07) is 0. The molecule has 0 saturated heterocycles. The molecule has 0 bridgehead atoms. The van der Waals surface area contributed by atoms with Crippen molar-refractivity contribution in [2.24, 2.45) is 0 Å². The van der Waals surface area contributed by atoms with Gasteiger partial charge in [0, 0.05) is 24.3 Å². The number of hydrogen-bond acceptors (Lipinski definition) is 9. The third kappa shape index (κ3) is 9.26. The highest BCUT2D eigenvalue weighted by atomic mass is 16.6. The van der Waals surface area contributed by atoms with Crippen molar-refractivity contribution in [1.82, 2.24) is 0 Å². The lowest BCUT2D eigenvalue weighted by Gasteiger charge is -2.13. The fraction of sp³-hybridized carbons (Fsp3) is 0.385. The van der Waals surface area contributed by atoms with Gasteiger partial charge in [0.25, 0.3) is 0 Å². The van der Waals surface area contributed by atoms with Crippen molar-refractivity contribution < 1.29 is 43.2 Å². The largest absolute Gasteiger partial charge is 0.466 e. The SMILES string of the molecule is COC(=O)C=CC(=O)OCC(CO)OC(=O)/C=C/C(=O)OC. The van der Waals surface area contributed by atoms with Gasteiger partial charge in [-0.2, -0.15) is 0 Å². The van der Waals surface area contributed by atoms with Crippen LogP contribution in [0, 0.1) is 0 Å². The Morgan fingerprint density at radius 2 is 1.32 bits per heavy atom. The summed E-state index contributed by atoms with van der Waals surface area (Å²) >= 11 is 0. The van der Waals surface area contributed by atoms with Crippen molar-refractivity contribution >= 4 is 23.9 Å². The van der Waals surface area contributed by atoms with Crippen molar-refractivity contribution in [3.63, 3.8) is 0 Å². The van der Waals surface area contributed by atoms with Crippen LogP contribution in [0.15, 0.2) is 24.3 Å². The van der Waals surface area contributed by atoms with Crippen LogP contribution in [0.2, 0.25) is 0 Å². The zero-order valence-corrected chi connectivity index (χ0v) is 12.0. The Bertz CT molecular complexity index is 464. The summed E-state index contributed by atoms with van der Waals surface area (Å²) in [4.78, 5) is 44.0. The number of ether oxygens (including phenoxy) is 4. The van der Waals surface area contributed by atoms with E-state index >= 15 is 0 Å². The Balaban J connectivity index is 4.27. The average molecular weight is 316 g/mol. The van der Waals surface area contributed by atoms with Crippen LogP contribution in [0.3, 0.4) is 0 Å². The van der Waals surface area contributed by atoms with Gasteiger partial charge in [0.1, 0.15) is 6.61 Å². The molecule has 0 aliphatic heterocycles. The van der Waals surface area contributed by atoms with E-state index in [1.165, 1.54) is 0 Å². The molecule has 122 valence electrons. The molecule has 1 unspecified atom stereocenters. The summed E-state index contributed by atoms with van der Waals surface area (Å²) < 4.78 is 17.9. The highest BCUT2D eigenvalue weighted by Gasteiger charge is 2.14. The molecule has 1 N–H and O–H groups in total. The van der Waals surface area contributed by atoms with Crippen LogP contribution < -0.4 is 0 Å². The van der Waals surface area contributed by atoms with Gasteiger partial charge >= 0.3 is 23.9 Å². The van der Waals surface area contributed by atoms with Gasteiger partial charge in [-0.3, -0.25) is 0 Å². The number of carbonyl (C=O) groups is 4. The number of aliphatic hydroxyl groups excluding tert-OH is 1. The molecule has 0 amide bonds. The molecule has 9 heteroatoms. The smallest absolute Gasteiger partial charge is 0.331 e. The van der Waals surface area contributed by atoms with Crippen molar-refractivity contribution in [3.05, 3.63) is 24.3 Å². The molecule has 0 rings (SSSR count). The minimum Gasteiger partial charge on any atom is -0.466 e. The first-order valence-electron chi connectivity index (χ1n) is 5.93. The van der Waals surface area contributed by atoms with E-state index in [4.69, 9.17) is 9.84 Å². The molecule has 0 aromatic heterocycles. The molecular weight excluding hydrogens is 300 g/mol. The Labute approximate surface area is 126 Å². The van der Waals surface area contributed by atoms with Gasteiger partial charge in [0.2, 0.25) is 0 Å². The predicted molar refractivity (Wildman–Crippen MR) is 70.2 cm³/mol. The third-order valence-electron chi connectivity index (χ3n) is 2.01. The normalized spacial score (nSPS) is 12.0. The molecule has 0 fully saturated rings. The minimum absolute atomic E-state index is 0.432. The molecule has 0 aliphatic rings. The molecule has 0 aromatic carbocycles. The second-order valence-electron chi connectivity index (χ2n) is 3.58. The maximum absolute atomic E-state index is 11.3. The number of rotatable bonds is 8. The first-order chi connectivity index (χ1) is 10.4. The van der Waals surface area contributed by atoms with Gasteiger partial charge in [-0.1, -0.05) is 0 Å². The van der Waals surface area contributed by atoms with Crippen LogP contribution in [-0.4, -0.2) is 62.5 Å². The molecule has 0 saturated carbocycles. The van der Waals surface area contributed by atoms with Gasteiger partial charge in [-0.25, -0.2) is 19.2 Å². The van der Waals surface area contributed by atoms with Gasteiger partial charge in [0.05, 0.1) is 20.8 Å². The number of carbonyl (C=O) groups excluding carboxylic acids is 4. The maximum atomic E-state index is 11.3. The summed E-state index contributed by atoms with van der Waals surface area (Å²) in [5.74, 6) is -3.30. The molecule has 0 spiro atoms. The van der Waals surface area contributed by atoms with E-state index in [9.17, 15) is 19.2 Å². The summed E-state index contributed by atoms with van der Waals surface area (Å²) in [5.41, 5.74) is 0. The lowest BCUT2D eigenvalue weighted by atomic mass is 10.4. The quantitative estimate of drug-likeness (QED) is 0.337. The topological polar surface area (TPSA) is 125 Å². The molecule has 1 atom stereocenters. The van der Waals surface area contributed by atoms with E-state index in [0.717, 1.165) is 38.5 Å². The highest BCUT2D eigenvalue weighted by molar-refractivity contribution is 5.92. The molecule has 0 aromatic rings. The van der Waals surface area contributed by atoms with Crippen molar-refractivity contribution in [2.45, 2.75) is 6.10 Å². The Kier molecular flexibility index (Phi) is 9.69. The fourth-order valence-electron chi connectivity index (χ4n) is 0.959. The highest BCUT2D eigenvalue weighted by Crippen LogP contribution is 1.96. The first-order valence-corrected chi connectivity index (χ1v) is 5.93. The van der Waals surface area contributed by atoms with E-state index in [1.54, 1.807) is 0 Å². The molecule has 0 heterocycles. The molecular formula is C13H16O9. The van der Waals surface area contributed by atoms with Gasteiger partial charge in [-0.15, -0.1) is 0 Å². The van der Waals surface area contributed by atoms with Crippen LogP contribution >= 0.6 is 0 Å². The van der Waals surface area contributed by atoms with Gasteiger partial charge in [-0.05, 0) is 0 Å². The lowest BCUT2D eigenvalue weighted by Crippen LogP contribution is -2.27. The molecule has 0 aliphatic carbocycles. The summed E-state index contributed by atoms with van der Waals surface area (Å²) in [6.45, 7) is -1.04. The number of aliphatic hydroxyl groups is 1. The van der Waals surface area contributed by atoms with E-state index in [1.807, 2.05) is 0 Å². The van der Waals surface area contributed by atoms with Crippen LogP contribution in [0.1, 0.15) is 0 Å². The second-order valence-corrected chi connectivity index (χ2v) is 3.58. The zero-order valence-electron chi connectivity index (χ0n) is 12.0. The van der Waals surface area contributed by atoms with Gasteiger partial charge < -0.3 is 24.1 Å². The zero-order chi connectivity index (χ0) is 17.0. The molecule has 22 heavy (non-hydrogen) atoms. The van der Waals surface area contributed by atoms with Crippen LogP contribution in [0.5, 0.6) is 0 Å². The monoisotopic (exact) mass is 316 g/mol. The molecule has 0 radical (unpaired) electrons. The van der Waals surface area contributed by atoms with E-state index in [0.29, 0.717) is 0 Å². The van der Waals surface area contributed by atoms with E-state index in [-0.39, 0.29) is 0 Å². The number of methoxy groups -OCH3 is 2. The van der Waals surface area contributed by atoms with Crippen LogP contribution in [0.4, 0.5) is 0 Å². The Morgan fingerprint density at radius 3 is 1.77 bits per heavy atom. The fourth-order valence-corrected chi connectivity index (χ4v) is 0.959. The van der Waals surface area contributed by atoms with E-state index in [2.05, 4.69) is 14.2 Å². The van der Waals surface area contributed by atoms with Crippen LogP contribution in [-0.2, 0) is 38.1 Å². The maximum Gasteiger partial charge on any atom is 0.331 e. The number of hydrogen-bond donors (Lipinski definition) is 1. The third-order valence-corrected chi connectivity index (χ3v) is 2.01. The predicted octanol–water partition coefficient (Wildman–Crippen LogP) is -1.11. The first kappa shape index (κ1) is 19.3. The van der Waals surface area contributed by atoms with Crippen molar-refractivity contribution in [1.29, 1.82) is 0 Å². The minimum atomic E-state index is -1.12. The summed E-state index contributed by atoms with van der Waals surface area (Å²) in [7, 11) is 2.27. The van der Waals surface area contributed by atoms with Crippen LogP contribution in [0.25, 0.3) is 0 Å². The second kappa shape index (κ2) is 11.0. The Hall–Kier alpha value is -2.68. The van der Waals surface area contributed by atoms with Gasteiger partial charge in [0.15, 0.2) is 6.10 Å². The van der Waals surface area contributed by atoms with Crippen molar-refractivity contribution in [2.75, 3.05) is 27.4 Å². The summed E-state index contributed by atoms with van der Waals surface area (Å²) in [5, 5.41) is 8.99. The Morgan fingerprint density at radius 1 is 0.864 bits per heavy atom. The van der Waals surface area contributed by atoms with Crippen molar-refractivity contribution in [3.8, 4) is 0 Å². The average Bonchev–Trinajstić information content (AvgIpc) is 2.53. The van der Waals surface area contributed by atoms with E-state index < -0.39 is 43.2 Å². The lowest BCUT2D eigenvalue weighted by molar-refractivity contribution is -0.155.